The molecule has 0 unspecified atom stereocenters. The molecule has 1 aliphatic carbocycles. The van der Waals surface area contributed by atoms with E-state index in [-0.39, 0.29) is 6.61 Å². The first-order valence-corrected chi connectivity index (χ1v) is 12.5. The van der Waals surface area contributed by atoms with Gasteiger partial charge in [0.25, 0.3) is 0 Å². The summed E-state index contributed by atoms with van der Waals surface area (Å²) in [5, 5.41) is 11.0. The monoisotopic (exact) mass is 417 g/mol. The number of halogens is 2. The molecule has 0 amide bonds. The molecular formula is C22H19Cl2OTi-. The second kappa shape index (κ2) is 12.1. The fourth-order valence-electron chi connectivity index (χ4n) is 2.53. The number of fused-ring (bicyclic) bond motifs is 1. The molecule has 1 N–H and O–H groups in total. The van der Waals surface area contributed by atoms with Crippen LogP contribution in [0.15, 0.2) is 85.0 Å². The molecule has 4 rings (SSSR count). The minimum Gasteiger partial charge on any atom is -0.125 e. The summed E-state index contributed by atoms with van der Waals surface area (Å²) in [5.74, 6) is 0. The fraction of sp³-hybridized carbons (Fsp3) is 0.0909. The maximum atomic E-state index is 8.54. The van der Waals surface area contributed by atoms with Crippen molar-refractivity contribution in [1.29, 1.82) is 0 Å². The number of hydrogen-bond acceptors (Lipinski definition) is 1. The first kappa shape index (κ1) is 21.0. The van der Waals surface area contributed by atoms with Crippen molar-refractivity contribution in [3.8, 4) is 0 Å². The quantitative estimate of drug-likeness (QED) is 0.370. The van der Waals surface area contributed by atoms with E-state index in [9.17, 15) is 0 Å². The van der Waals surface area contributed by atoms with E-state index in [1.54, 1.807) is 0 Å². The average molecular weight is 418 g/mol. The largest absolute Gasteiger partial charge is 0.125 e. The molecular weight excluding hydrogens is 399 g/mol. The standard InChI is InChI=1S/C15H11.C7H8O.2ClH.Ti/c1-2-6-12(5-1)15-10-9-13-7-3-4-8-14(13)11-15;8-6-7-4-2-1-3-5-7;;;/h1-5,7-10H,6H2;1-5,8H,6H2;2*1H;/q-1;;;;+2/p-2. The first-order chi connectivity index (χ1) is 12.8. The summed E-state index contributed by atoms with van der Waals surface area (Å²) in [4.78, 5) is 0. The van der Waals surface area contributed by atoms with Crippen molar-refractivity contribution in [2.45, 2.75) is 13.0 Å². The number of rotatable bonds is 2. The molecule has 0 aromatic heterocycles. The number of aliphatic hydroxyl groups is 1. The van der Waals surface area contributed by atoms with Crippen LogP contribution in [0.5, 0.6) is 0 Å². The Bertz CT molecular complexity index is 860. The van der Waals surface area contributed by atoms with Gasteiger partial charge in [0.2, 0.25) is 0 Å². The molecule has 0 heterocycles. The predicted molar refractivity (Wildman–Crippen MR) is 109 cm³/mol. The Morgan fingerprint density at radius 1 is 0.923 bits per heavy atom. The van der Waals surface area contributed by atoms with Crippen LogP contribution in [0.4, 0.5) is 0 Å². The van der Waals surface area contributed by atoms with Gasteiger partial charge in [0, 0.05) is 0 Å². The third kappa shape index (κ3) is 6.76. The minimum absolute atomic E-state index is 0.140. The zero-order valence-electron chi connectivity index (χ0n) is 14.2. The van der Waals surface area contributed by atoms with E-state index in [1.165, 1.54) is 21.9 Å². The average Bonchev–Trinajstić information content (AvgIpc) is 3.24. The second-order valence-corrected chi connectivity index (χ2v) is 8.08. The van der Waals surface area contributed by atoms with E-state index in [0.29, 0.717) is 0 Å². The summed E-state index contributed by atoms with van der Waals surface area (Å²) in [6, 6.07) is 25.7. The maximum absolute atomic E-state index is 8.54. The molecule has 0 aliphatic heterocycles. The molecule has 0 atom stereocenters. The van der Waals surface area contributed by atoms with E-state index in [1.807, 2.05) is 30.3 Å². The Morgan fingerprint density at radius 2 is 1.62 bits per heavy atom. The molecule has 1 aliphatic rings. The fourth-order valence-corrected chi connectivity index (χ4v) is 2.53. The van der Waals surface area contributed by atoms with Crippen LogP contribution < -0.4 is 0 Å². The van der Waals surface area contributed by atoms with E-state index in [0.717, 1.165) is 12.0 Å². The smallest absolute Gasteiger partial charge is 0.0365 e. The van der Waals surface area contributed by atoms with Crippen molar-refractivity contribution in [2.24, 2.45) is 0 Å². The van der Waals surface area contributed by atoms with Crippen LogP contribution in [0.1, 0.15) is 17.5 Å². The van der Waals surface area contributed by atoms with Gasteiger partial charge in [0.15, 0.2) is 0 Å². The Labute approximate surface area is 171 Å². The van der Waals surface area contributed by atoms with E-state index in [4.69, 9.17) is 23.7 Å². The molecule has 0 fully saturated rings. The first-order valence-electron chi connectivity index (χ1n) is 8.16. The number of allylic oxidation sites excluding steroid dienone is 4. The van der Waals surface area contributed by atoms with E-state index in [2.05, 4.69) is 60.7 Å². The number of aliphatic hydroxyl groups excluding tert-OH is 1. The molecule has 132 valence electrons. The van der Waals surface area contributed by atoms with Crippen molar-refractivity contribution in [1.82, 2.24) is 0 Å². The van der Waals surface area contributed by atoms with Crippen LogP contribution in [-0.2, 0) is 23.6 Å². The summed E-state index contributed by atoms with van der Waals surface area (Å²) in [7, 11) is 9.78. The van der Waals surface area contributed by atoms with Gasteiger partial charge in [-0.2, -0.15) is 0 Å². The summed E-state index contributed by atoms with van der Waals surface area (Å²) < 4.78 is 0. The molecule has 0 radical (unpaired) electrons. The summed E-state index contributed by atoms with van der Waals surface area (Å²) in [5.41, 5.74) is 3.55. The minimum atomic E-state index is -0.556. The van der Waals surface area contributed by atoms with Crippen molar-refractivity contribution in [3.05, 3.63) is 102 Å². The van der Waals surface area contributed by atoms with Crippen LogP contribution in [0.2, 0.25) is 0 Å². The Hall–Kier alpha value is -1.35. The third-order valence-corrected chi connectivity index (χ3v) is 3.80. The molecule has 3 aromatic carbocycles. The van der Waals surface area contributed by atoms with Gasteiger partial charge in [-0.25, -0.2) is 0 Å². The van der Waals surface area contributed by atoms with Crippen LogP contribution >= 0.6 is 18.6 Å². The van der Waals surface area contributed by atoms with Gasteiger partial charge >= 0.3 is 35.6 Å². The van der Waals surface area contributed by atoms with Crippen molar-refractivity contribution in [3.63, 3.8) is 0 Å². The van der Waals surface area contributed by atoms with Crippen molar-refractivity contribution in [2.75, 3.05) is 0 Å². The molecule has 0 saturated carbocycles. The predicted octanol–water partition coefficient (Wildman–Crippen LogP) is 6.54. The van der Waals surface area contributed by atoms with Crippen molar-refractivity contribution < 1.29 is 22.1 Å². The zero-order chi connectivity index (χ0) is 18.6. The molecule has 0 bridgehead atoms. The number of benzene rings is 3. The summed E-state index contributed by atoms with van der Waals surface area (Å²) in [6.07, 6.45) is 7.49. The van der Waals surface area contributed by atoms with Gasteiger partial charge in [0.05, 0.1) is 6.61 Å². The molecule has 26 heavy (non-hydrogen) atoms. The van der Waals surface area contributed by atoms with Gasteiger partial charge in [-0.1, -0.05) is 72.1 Å². The Morgan fingerprint density at radius 3 is 2.23 bits per heavy atom. The van der Waals surface area contributed by atoms with Gasteiger partial charge in [0.1, 0.15) is 0 Å². The SMILES string of the molecule is OCc1ccccc1.[Cl][Ti][Cl].[c-]1c(C2=CC=CC2)ccc2ccccc12. The van der Waals surface area contributed by atoms with Crippen LogP contribution in [0, 0.1) is 6.07 Å². The molecule has 1 nitrogen and oxygen atoms in total. The normalized spacial score (nSPS) is 11.7. The van der Waals surface area contributed by atoms with Crippen molar-refractivity contribution >= 4 is 35.0 Å². The molecule has 0 saturated heterocycles. The molecule has 0 spiro atoms. The second-order valence-electron chi connectivity index (χ2n) is 5.50. The zero-order valence-corrected chi connectivity index (χ0v) is 17.3. The topological polar surface area (TPSA) is 20.2 Å². The molecule has 3 aromatic rings. The van der Waals surface area contributed by atoms with Gasteiger partial charge in [-0.05, 0) is 12.0 Å². The van der Waals surface area contributed by atoms with Crippen LogP contribution in [-0.4, -0.2) is 5.11 Å². The Balaban J connectivity index is 0.000000187. The van der Waals surface area contributed by atoms with Crippen LogP contribution in [0.25, 0.3) is 16.3 Å². The Kier molecular flexibility index (Phi) is 9.77. The summed E-state index contributed by atoms with van der Waals surface area (Å²) in [6.45, 7) is 0.140. The van der Waals surface area contributed by atoms with Gasteiger partial charge in [-0.3, -0.25) is 0 Å². The third-order valence-electron chi connectivity index (χ3n) is 3.80. The van der Waals surface area contributed by atoms with Gasteiger partial charge < -0.3 is 5.11 Å². The maximum Gasteiger partial charge on any atom is -0.0365 e. The van der Waals surface area contributed by atoms with Crippen LogP contribution in [0.3, 0.4) is 0 Å². The number of hydrogen-bond donors (Lipinski definition) is 1. The summed E-state index contributed by atoms with van der Waals surface area (Å²) >= 11 is -0.556. The van der Waals surface area contributed by atoms with E-state index >= 15 is 0 Å². The van der Waals surface area contributed by atoms with Gasteiger partial charge in [-0.15, -0.1) is 40.8 Å². The van der Waals surface area contributed by atoms with E-state index < -0.39 is 17.0 Å². The molecule has 4 heteroatoms.